The average molecular weight is 573 g/mol. The second-order valence-electron chi connectivity index (χ2n) is 8.16. The van der Waals surface area contributed by atoms with Gasteiger partial charge in [-0.2, -0.15) is 8.42 Å². The molecule has 4 aromatic rings. The molecule has 1 aliphatic rings. The molecular formula is C24H22BrN5O3S2. The predicted molar refractivity (Wildman–Crippen MR) is 142 cm³/mol. The van der Waals surface area contributed by atoms with E-state index in [-0.39, 0.29) is 16.6 Å². The molecule has 11 heteroatoms. The molecule has 1 aliphatic heterocycles. The maximum atomic E-state index is 13.4. The highest BCUT2D eigenvalue weighted by molar-refractivity contribution is 9.10. The molecule has 180 valence electrons. The number of aromatic nitrogens is 2. The summed E-state index contributed by atoms with van der Waals surface area (Å²) in [6.07, 6.45) is 0. The molecule has 1 N–H and O–H groups in total. The number of pyridine rings is 1. The quantitative estimate of drug-likeness (QED) is 0.378. The van der Waals surface area contributed by atoms with E-state index in [2.05, 4.69) is 36.6 Å². The van der Waals surface area contributed by atoms with Crippen LogP contribution in [0, 0.1) is 6.92 Å². The van der Waals surface area contributed by atoms with Crippen LogP contribution >= 0.6 is 27.3 Å². The summed E-state index contributed by atoms with van der Waals surface area (Å²) >= 11 is 5.13. The van der Waals surface area contributed by atoms with Crippen LogP contribution in [-0.2, 0) is 10.0 Å². The normalized spacial score (nSPS) is 14.3. The smallest absolute Gasteiger partial charge is 0.279 e. The van der Waals surface area contributed by atoms with Gasteiger partial charge in [-0.25, -0.2) is 9.97 Å². The predicted octanol–water partition coefficient (Wildman–Crippen LogP) is 4.53. The lowest BCUT2D eigenvalue weighted by molar-refractivity contribution is 0.0748. The number of thiazole rings is 1. The number of para-hydroxylation sites is 1. The van der Waals surface area contributed by atoms with Gasteiger partial charge in [0.2, 0.25) is 0 Å². The highest BCUT2D eigenvalue weighted by atomic mass is 79.9. The number of carbonyl (C=O) groups excluding carboxylic acids is 1. The van der Waals surface area contributed by atoms with Gasteiger partial charge < -0.3 is 9.80 Å². The van der Waals surface area contributed by atoms with Crippen molar-refractivity contribution in [3.8, 4) is 0 Å². The van der Waals surface area contributed by atoms with Gasteiger partial charge in [0, 0.05) is 36.3 Å². The number of piperazine rings is 1. The molecule has 0 bridgehead atoms. The summed E-state index contributed by atoms with van der Waals surface area (Å²) in [5, 5.41) is 0.847. The summed E-state index contributed by atoms with van der Waals surface area (Å²) in [7, 11) is -3.93. The molecule has 0 radical (unpaired) electrons. The first-order chi connectivity index (χ1) is 16.8. The molecule has 2 aromatic heterocycles. The molecule has 1 amide bonds. The van der Waals surface area contributed by atoms with Crippen molar-refractivity contribution in [3.63, 3.8) is 0 Å². The lowest BCUT2D eigenvalue weighted by atomic mass is 10.1. The van der Waals surface area contributed by atoms with E-state index in [9.17, 15) is 13.2 Å². The highest BCUT2D eigenvalue weighted by Gasteiger charge is 2.27. The number of sulfonamides is 1. The van der Waals surface area contributed by atoms with Crippen molar-refractivity contribution in [1.82, 2.24) is 14.9 Å². The number of carbonyl (C=O) groups is 1. The number of nitrogens with one attached hydrogen (secondary N) is 1. The van der Waals surface area contributed by atoms with Gasteiger partial charge in [0.25, 0.3) is 15.9 Å². The van der Waals surface area contributed by atoms with Gasteiger partial charge in [0.15, 0.2) is 10.2 Å². The third-order valence-electron chi connectivity index (χ3n) is 5.72. The Hall–Kier alpha value is -3.02. The van der Waals surface area contributed by atoms with Crippen molar-refractivity contribution >= 4 is 64.2 Å². The first kappa shape index (κ1) is 23.7. The fraction of sp³-hybridized carbons (Fsp3) is 0.208. The molecular weight excluding hydrogens is 550 g/mol. The number of hydrogen-bond acceptors (Lipinski definition) is 7. The van der Waals surface area contributed by atoms with Gasteiger partial charge in [-0.05, 0) is 49.4 Å². The standard InChI is InChI=1S/C24H22BrN5O3S2/c1-16-5-4-8-22(26-16)35(32,33)28-19-7-3-2-6-18(19)23(31)29-11-13-30(14-12-29)24-27-20-10-9-17(25)15-21(20)34-24/h2-10,15,28H,11-14H2,1H3. The Balaban J connectivity index is 1.31. The van der Waals surface area contributed by atoms with E-state index in [1.807, 2.05) is 12.1 Å². The summed E-state index contributed by atoms with van der Waals surface area (Å²) in [5.74, 6) is -0.214. The van der Waals surface area contributed by atoms with E-state index < -0.39 is 10.0 Å². The largest absolute Gasteiger partial charge is 0.345 e. The van der Waals surface area contributed by atoms with Crippen LogP contribution in [0.2, 0.25) is 0 Å². The molecule has 2 aromatic carbocycles. The molecule has 0 spiro atoms. The van der Waals surface area contributed by atoms with Gasteiger partial charge in [-0.3, -0.25) is 9.52 Å². The van der Waals surface area contributed by atoms with Crippen molar-refractivity contribution in [2.75, 3.05) is 35.8 Å². The van der Waals surface area contributed by atoms with Crippen LogP contribution in [0.1, 0.15) is 16.1 Å². The first-order valence-corrected chi connectivity index (χ1v) is 14.1. The fourth-order valence-electron chi connectivity index (χ4n) is 3.92. The third-order valence-corrected chi connectivity index (χ3v) is 8.56. The lowest BCUT2D eigenvalue weighted by Gasteiger charge is -2.34. The molecule has 35 heavy (non-hydrogen) atoms. The number of anilines is 2. The van der Waals surface area contributed by atoms with Crippen molar-refractivity contribution in [3.05, 3.63) is 76.4 Å². The summed E-state index contributed by atoms with van der Waals surface area (Å²) < 4.78 is 30.4. The molecule has 1 fully saturated rings. The van der Waals surface area contributed by atoms with Crippen molar-refractivity contribution in [2.45, 2.75) is 11.9 Å². The minimum atomic E-state index is -3.93. The number of fused-ring (bicyclic) bond motifs is 1. The topological polar surface area (TPSA) is 95.5 Å². The van der Waals surface area contributed by atoms with E-state index in [4.69, 9.17) is 4.98 Å². The molecule has 0 aliphatic carbocycles. The van der Waals surface area contributed by atoms with Crippen LogP contribution in [0.3, 0.4) is 0 Å². The minimum absolute atomic E-state index is 0.0868. The third kappa shape index (κ3) is 5.02. The number of halogens is 1. The number of rotatable bonds is 5. The van der Waals surface area contributed by atoms with Gasteiger partial charge in [-0.15, -0.1) is 0 Å². The average Bonchev–Trinajstić information content (AvgIpc) is 3.27. The summed E-state index contributed by atoms with van der Waals surface area (Å²) in [6, 6.07) is 17.5. The van der Waals surface area contributed by atoms with Crippen molar-refractivity contribution in [1.29, 1.82) is 0 Å². The molecule has 0 atom stereocenters. The number of aryl methyl sites for hydroxylation is 1. The monoisotopic (exact) mass is 571 g/mol. The number of amides is 1. The molecule has 0 unspecified atom stereocenters. The van der Waals surface area contributed by atoms with Gasteiger partial charge in [0.1, 0.15) is 0 Å². The Labute approximate surface area is 215 Å². The number of benzene rings is 2. The number of hydrogen-bond donors (Lipinski definition) is 1. The van der Waals surface area contributed by atoms with Crippen molar-refractivity contribution < 1.29 is 13.2 Å². The van der Waals surface area contributed by atoms with Gasteiger partial charge in [0.05, 0.1) is 21.5 Å². The van der Waals surface area contributed by atoms with Crippen LogP contribution in [-0.4, -0.2) is 55.4 Å². The zero-order valence-electron chi connectivity index (χ0n) is 18.8. The zero-order valence-corrected chi connectivity index (χ0v) is 22.0. The zero-order chi connectivity index (χ0) is 24.6. The van der Waals surface area contributed by atoms with E-state index in [1.165, 1.54) is 6.07 Å². The second kappa shape index (κ2) is 9.56. The molecule has 3 heterocycles. The van der Waals surface area contributed by atoms with Crippen LogP contribution < -0.4 is 9.62 Å². The van der Waals surface area contributed by atoms with Gasteiger partial charge >= 0.3 is 0 Å². The number of nitrogens with zero attached hydrogens (tertiary/aromatic N) is 4. The maximum Gasteiger partial charge on any atom is 0.279 e. The van der Waals surface area contributed by atoms with E-state index in [0.29, 0.717) is 37.4 Å². The SMILES string of the molecule is Cc1cccc(S(=O)(=O)Nc2ccccc2C(=O)N2CCN(c3nc4ccc(Br)cc4s3)CC2)n1. The molecule has 8 nitrogen and oxygen atoms in total. The van der Waals surface area contributed by atoms with Crippen LogP contribution in [0.15, 0.2) is 70.2 Å². The van der Waals surface area contributed by atoms with E-state index in [1.54, 1.807) is 59.6 Å². The van der Waals surface area contributed by atoms with Crippen LogP contribution in [0.4, 0.5) is 10.8 Å². The minimum Gasteiger partial charge on any atom is -0.345 e. The van der Waals surface area contributed by atoms with Crippen LogP contribution in [0.5, 0.6) is 0 Å². The Morgan fingerprint density at radius 3 is 2.54 bits per heavy atom. The Morgan fingerprint density at radius 1 is 1.00 bits per heavy atom. The highest BCUT2D eigenvalue weighted by Crippen LogP contribution is 2.31. The Kier molecular flexibility index (Phi) is 6.47. The summed E-state index contributed by atoms with van der Waals surface area (Å²) in [4.78, 5) is 26.1. The first-order valence-electron chi connectivity index (χ1n) is 11.0. The lowest BCUT2D eigenvalue weighted by Crippen LogP contribution is -2.48. The maximum absolute atomic E-state index is 13.4. The van der Waals surface area contributed by atoms with Crippen LogP contribution in [0.25, 0.3) is 10.2 Å². The summed E-state index contributed by atoms with van der Waals surface area (Å²) in [6.45, 7) is 4.04. The van der Waals surface area contributed by atoms with E-state index >= 15 is 0 Å². The second-order valence-corrected chi connectivity index (χ2v) is 11.7. The Bertz CT molecular complexity index is 1510. The molecule has 0 saturated carbocycles. The summed E-state index contributed by atoms with van der Waals surface area (Å²) in [5.41, 5.74) is 2.09. The molecule has 5 rings (SSSR count). The fourth-order valence-corrected chi connectivity index (χ4v) is 6.58. The van der Waals surface area contributed by atoms with E-state index in [0.717, 1.165) is 19.8 Å². The van der Waals surface area contributed by atoms with Crippen molar-refractivity contribution in [2.24, 2.45) is 0 Å². The van der Waals surface area contributed by atoms with Gasteiger partial charge in [-0.1, -0.05) is 45.5 Å². The Morgan fingerprint density at radius 2 is 1.77 bits per heavy atom. The molecule has 1 saturated heterocycles.